The van der Waals surface area contributed by atoms with Crippen molar-refractivity contribution >= 4 is 21.9 Å². The summed E-state index contributed by atoms with van der Waals surface area (Å²) in [6.45, 7) is 2.20. The smallest absolute Gasteiger partial charge is 0.310 e. The fourth-order valence-corrected chi connectivity index (χ4v) is 5.13. The molecule has 0 aromatic heterocycles. The summed E-state index contributed by atoms with van der Waals surface area (Å²) >= 11 is 3.72. The number of rotatable bonds is 4. The van der Waals surface area contributed by atoms with Gasteiger partial charge in [-0.15, -0.1) is 0 Å². The largest absolute Gasteiger partial charge is 0.469 e. The molecule has 2 fully saturated rings. The van der Waals surface area contributed by atoms with Crippen LogP contribution in [0.15, 0.2) is 22.7 Å². The summed E-state index contributed by atoms with van der Waals surface area (Å²) < 4.78 is 6.33. The third-order valence-corrected chi connectivity index (χ3v) is 6.50. The van der Waals surface area contributed by atoms with Crippen molar-refractivity contribution in [3.63, 3.8) is 0 Å². The first-order chi connectivity index (χ1) is 11.1. The Kier molecular flexibility index (Phi) is 5.12. The van der Waals surface area contributed by atoms with E-state index in [0.29, 0.717) is 12.1 Å². The number of methoxy groups -OCH3 is 1. The van der Waals surface area contributed by atoms with Crippen molar-refractivity contribution in [1.82, 2.24) is 4.90 Å². The first-order valence-corrected chi connectivity index (χ1v) is 9.44. The molecule has 2 bridgehead atoms. The van der Waals surface area contributed by atoms with Crippen molar-refractivity contribution in [3.8, 4) is 0 Å². The standard InChI is InChI=1S/C19H26BrNO2/c1-4-5-12-6-7-13(10-16(12)20)15-11-14-8-9-17(21(14)2)18(15)19(22)23-3/h6-7,10,14-15,17-18H,4-5,8-9,11H2,1-3H3/t14-,15-,17?,18?/m1/s1. The SMILES string of the molecule is CCCc1ccc([C@H]2C[C@H]3CCC(C2C(=O)OC)N3C)cc1Br. The summed E-state index contributed by atoms with van der Waals surface area (Å²) in [5.41, 5.74) is 2.62. The van der Waals surface area contributed by atoms with Crippen LogP contribution < -0.4 is 0 Å². The van der Waals surface area contributed by atoms with E-state index in [2.05, 4.69) is 53.0 Å². The summed E-state index contributed by atoms with van der Waals surface area (Å²) in [5, 5.41) is 0. The van der Waals surface area contributed by atoms with E-state index in [1.54, 1.807) is 0 Å². The highest BCUT2D eigenvalue weighted by Gasteiger charge is 2.49. The predicted octanol–water partition coefficient (Wildman–Crippen LogP) is 4.14. The van der Waals surface area contributed by atoms with E-state index in [1.165, 1.54) is 29.1 Å². The molecule has 126 valence electrons. The second-order valence-corrected chi connectivity index (χ2v) is 7.81. The van der Waals surface area contributed by atoms with Crippen molar-refractivity contribution in [2.45, 2.75) is 57.0 Å². The minimum absolute atomic E-state index is 0.0484. The van der Waals surface area contributed by atoms with Gasteiger partial charge >= 0.3 is 5.97 Å². The Hall–Kier alpha value is -0.870. The zero-order valence-electron chi connectivity index (χ0n) is 14.2. The van der Waals surface area contributed by atoms with Crippen LogP contribution >= 0.6 is 15.9 Å². The maximum atomic E-state index is 12.5. The van der Waals surface area contributed by atoms with E-state index in [0.717, 1.165) is 25.7 Å². The minimum atomic E-state index is -0.0547. The monoisotopic (exact) mass is 379 g/mol. The van der Waals surface area contributed by atoms with Gasteiger partial charge in [-0.1, -0.05) is 41.4 Å². The van der Waals surface area contributed by atoms with Crippen LogP contribution in [0.4, 0.5) is 0 Å². The number of aryl methyl sites for hydroxylation is 1. The Morgan fingerprint density at radius 2 is 2.17 bits per heavy atom. The highest BCUT2D eigenvalue weighted by atomic mass is 79.9. The number of nitrogens with zero attached hydrogens (tertiary/aromatic N) is 1. The van der Waals surface area contributed by atoms with Crippen molar-refractivity contribution in [1.29, 1.82) is 0 Å². The molecule has 2 aliphatic heterocycles. The van der Waals surface area contributed by atoms with Crippen molar-refractivity contribution in [2.75, 3.05) is 14.2 Å². The van der Waals surface area contributed by atoms with Gasteiger partial charge < -0.3 is 4.74 Å². The quantitative estimate of drug-likeness (QED) is 0.736. The normalized spacial score (nSPS) is 30.4. The zero-order chi connectivity index (χ0) is 16.6. The van der Waals surface area contributed by atoms with E-state index < -0.39 is 0 Å². The highest BCUT2D eigenvalue weighted by molar-refractivity contribution is 9.10. The molecule has 0 amide bonds. The fraction of sp³-hybridized carbons (Fsp3) is 0.632. The fourth-order valence-electron chi connectivity index (χ4n) is 4.53. The molecule has 4 atom stereocenters. The average Bonchev–Trinajstić information content (AvgIpc) is 2.79. The zero-order valence-corrected chi connectivity index (χ0v) is 15.8. The molecule has 2 aliphatic rings. The highest BCUT2D eigenvalue weighted by Crippen LogP contribution is 2.47. The summed E-state index contributed by atoms with van der Waals surface area (Å²) in [5.74, 6) is 0.164. The van der Waals surface area contributed by atoms with E-state index >= 15 is 0 Å². The molecule has 3 nitrogen and oxygen atoms in total. The van der Waals surface area contributed by atoms with Gasteiger partial charge in [0.15, 0.2) is 0 Å². The number of piperidine rings is 1. The predicted molar refractivity (Wildman–Crippen MR) is 95.6 cm³/mol. The lowest BCUT2D eigenvalue weighted by Gasteiger charge is -2.41. The minimum Gasteiger partial charge on any atom is -0.469 e. The molecular formula is C19H26BrNO2. The first kappa shape index (κ1) is 17.0. The lowest BCUT2D eigenvalue weighted by molar-refractivity contribution is -0.150. The number of esters is 1. The van der Waals surface area contributed by atoms with Crippen LogP contribution in [0.2, 0.25) is 0 Å². The van der Waals surface area contributed by atoms with Crippen LogP contribution in [0, 0.1) is 5.92 Å². The number of fused-ring (bicyclic) bond motifs is 2. The lowest BCUT2D eigenvalue weighted by atomic mass is 9.76. The van der Waals surface area contributed by atoms with Gasteiger partial charge in [-0.2, -0.15) is 0 Å². The molecule has 4 heteroatoms. The topological polar surface area (TPSA) is 29.5 Å². The Bertz CT molecular complexity index is 589. The number of benzene rings is 1. The van der Waals surface area contributed by atoms with Crippen LogP contribution in [0.25, 0.3) is 0 Å². The lowest BCUT2D eigenvalue weighted by Crippen LogP contribution is -2.49. The van der Waals surface area contributed by atoms with E-state index in [-0.39, 0.29) is 17.8 Å². The molecule has 0 radical (unpaired) electrons. The number of halogens is 1. The molecule has 1 aromatic carbocycles. The van der Waals surface area contributed by atoms with Gasteiger partial charge in [-0.05, 0) is 49.9 Å². The maximum Gasteiger partial charge on any atom is 0.310 e. The van der Waals surface area contributed by atoms with E-state index in [4.69, 9.17) is 4.74 Å². The molecule has 2 heterocycles. The molecule has 1 aromatic rings. The summed E-state index contributed by atoms with van der Waals surface area (Å²) in [6.07, 6.45) is 5.57. The Labute approximate surface area is 147 Å². The molecule has 0 aliphatic carbocycles. The average molecular weight is 380 g/mol. The number of carbonyl (C=O) groups is 1. The van der Waals surface area contributed by atoms with Gasteiger partial charge in [0.1, 0.15) is 0 Å². The van der Waals surface area contributed by atoms with Crippen LogP contribution in [0.3, 0.4) is 0 Å². The third kappa shape index (κ3) is 3.08. The maximum absolute atomic E-state index is 12.5. The number of carbonyl (C=O) groups excluding carboxylic acids is 1. The summed E-state index contributed by atoms with van der Waals surface area (Å²) in [4.78, 5) is 14.9. The van der Waals surface area contributed by atoms with Crippen LogP contribution in [-0.4, -0.2) is 37.1 Å². The Morgan fingerprint density at radius 1 is 1.39 bits per heavy atom. The van der Waals surface area contributed by atoms with Gasteiger partial charge in [0.25, 0.3) is 0 Å². The Balaban J connectivity index is 1.93. The number of hydrogen-bond donors (Lipinski definition) is 0. The van der Waals surface area contributed by atoms with Crippen LogP contribution in [0.1, 0.15) is 49.7 Å². The molecule has 0 spiro atoms. The number of hydrogen-bond acceptors (Lipinski definition) is 3. The van der Waals surface area contributed by atoms with Crippen molar-refractivity contribution < 1.29 is 9.53 Å². The molecular weight excluding hydrogens is 354 g/mol. The van der Waals surface area contributed by atoms with Gasteiger partial charge in [-0.25, -0.2) is 0 Å². The van der Waals surface area contributed by atoms with Gasteiger partial charge in [0, 0.05) is 22.5 Å². The molecule has 23 heavy (non-hydrogen) atoms. The second kappa shape index (κ2) is 6.94. The third-order valence-electron chi connectivity index (χ3n) is 5.77. The van der Waals surface area contributed by atoms with Gasteiger partial charge in [-0.3, -0.25) is 9.69 Å². The van der Waals surface area contributed by atoms with E-state index in [9.17, 15) is 4.79 Å². The van der Waals surface area contributed by atoms with Crippen LogP contribution in [0.5, 0.6) is 0 Å². The van der Waals surface area contributed by atoms with Gasteiger partial charge in [0.05, 0.1) is 13.0 Å². The van der Waals surface area contributed by atoms with Gasteiger partial charge in [0.2, 0.25) is 0 Å². The first-order valence-electron chi connectivity index (χ1n) is 8.64. The number of ether oxygens (including phenoxy) is 1. The van der Waals surface area contributed by atoms with E-state index in [1.807, 2.05) is 0 Å². The second-order valence-electron chi connectivity index (χ2n) is 6.96. The van der Waals surface area contributed by atoms with Crippen LogP contribution in [-0.2, 0) is 16.0 Å². The molecule has 2 unspecified atom stereocenters. The van der Waals surface area contributed by atoms with Crippen molar-refractivity contribution in [3.05, 3.63) is 33.8 Å². The molecule has 2 saturated heterocycles. The Morgan fingerprint density at radius 3 is 2.83 bits per heavy atom. The molecule has 3 rings (SSSR count). The van der Waals surface area contributed by atoms with Crippen molar-refractivity contribution in [2.24, 2.45) is 5.92 Å². The summed E-state index contributed by atoms with van der Waals surface area (Å²) in [6, 6.07) is 7.59. The molecule has 0 saturated carbocycles. The summed E-state index contributed by atoms with van der Waals surface area (Å²) in [7, 11) is 3.68. The molecule has 0 N–H and O–H groups in total.